The van der Waals surface area contributed by atoms with Crippen LogP contribution in [0.4, 0.5) is 13.6 Å². The molecule has 2 heterocycles. The molecule has 212 valence electrons. The summed E-state index contributed by atoms with van der Waals surface area (Å²) in [6.45, 7) is 3.76. The Balaban J connectivity index is 1.68. The molecule has 9 nitrogen and oxygen atoms in total. The first kappa shape index (κ1) is 30.5. The lowest BCUT2D eigenvalue weighted by molar-refractivity contribution is -0.130. The molecule has 3 N–H and O–H groups in total. The normalized spacial score (nSPS) is 20.7. The molecular formula is C27H38BF2N5O4. The van der Waals surface area contributed by atoms with Crippen LogP contribution in [0.25, 0.3) is 0 Å². The summed E-state index contributed by atoms with van der Waals surface area (Å²) in [7, 11) is -0.203. The van der Waals surface area contributed by atoms with E-state index >= 15 is 0 Å². The minimum atomic E-state index is -2.79. The summed E-state index contributed by atoms with van der Waals surface area (Å²) >= 11 is 0. The SMILES string of the molecule is CN(CC1CCCCN1C(=O)C(C#N)=CC(C)(C)N1CCC(F)(F)C1)C(=O)N[C@@H](Cc1ccccc1)B(O)O. The lowest BCUT2D eigenvalue weighted by Crippen LogP contribution is -2.55. The van der Waals surface area contributed by atoms with Crippen molar-refractivity contribution in [1.29, 1.82) is 5.26 Å². The maximum Gasteiger partial charge on any atom is 0.475 e. The zero-order valence-electron chi connectivity index (χ0n) is 22.8. The van der Waals surface area contributed by atoms with Gasteiger partial charge >= 0.3 is 13.1 Å². The number of likely N-dealkylation sites (tertiary alicyclic amines) is 2. The second-order valence-electron chi connectivity index (χ2n) is 11.0. The number of likely N-dealkylation sites (N-methyl/N-ethyl adjacent to an activating group) is 1. The highest BCUT2D eigenvalue weighted by Gasteiger charge is 2.43. The Bertz CT molecular complexity index is 1080. The fraction of sp³-hybridized carbons (Fsp3) is 0.593. The molecule has 12 heteroatoms. The van der Waals surface area contributed by atoms with Crippen LogP contribution in [0.5, 0.6) is 0 Å². The maximum atomic E-state index is 13.8. The molecule has 3 amide bonds. The van der Waals surface area contributed by atoms with Crippen molar-refractivity contribution in [1.82, 2.24) is 20.0 Å². The molecule has 2 aliphatic rings. The van der Waals surface area contributed by atoms with Crippen LogP contribution in [-0.2, 0) is 11.2 Å². The molecular weight excluding hydrogens is 507 g/mol. The van der Waals surface area contributed by atoms with Gasteiger partial charge in [0.15, 0.2) is 0 Å². The Morgan fingerprint density at radius 1 is 1.28 bits per heavy atom. The van der Waals surface area contributed by atoms with Gasteiger partial charge in [-0.1, -0.05) is 30.3 Å². The molecule has 2 saturated heterocycles. The van der Waals surface area contributed by atoms with E-state index in [4.69, 9.17) is 0 Å². The number of amides is 3. The van der Waals surface area contributed by atoms with E-state index in [2.05, 4.69) is 5.32 Å². The number of rotatable bonds is 9. The number of nitrogens with zero attached hydrogens (tertiary/aromatic N) is 4. The van der Waals surface area contributed by atoms with Gasteiger partial charge in [0.1, 0.15) is 11.6 Å². The van der Waals surface area contributed by atoms with E-state index in [0.717, 1.165) is 18.4 Å². The van der Waals surface area contributed by atoms with Crippen LogP contribution < -0.4 is 5.32 Å². The summed E-state index contributed by atoms with van der Waals surface area (Å²) in [5.74, 6) is -4.21. The first-order chi connectivity index (χ1) is 18.3. The van der Waals surface area contributed by atoms with Crippen molar-refractivity contribution in [2.75, 3.05) is 33.2 Å². The van der Waals surface area contributed by atoms with Crippen molar-refractivity contribution in [3.05, 3.63) is 47.5 Å². The summed E-state index contributed by atoms with van der Waals surface area (Å²) in [5.41, 5.74) is -0.193. The van der Waals surface area contributed by atoms with E-state index in [0.29, 0.717) is 13.0 Å². The third-order valence-electron chi connectivity index (χ3n) is 7.52. The van der Waals surface area contributed by atoms with Gasteiger partial charge in [-0.25, -0.2) is 13.6 Å². The van der Waals surface area contributed by atoms with Crippen LogP contribution in [0.15, 0.2) is 42.0 Å². The quantitative estimate of drug-likeness (QED) is 0.249. The van der Waals surface area contributed by atoms with Crippen LogP contribution in [-0.4, -0.2) is 100 Å². The summed E-state index contributed by atoms with van der Waals surface area (Å²) in [6.07, 6.45) is 3.64. The van der Waals surface area contributed by atoms with Gasteiger partial charge in [-0.3, -0.25) is 9.69 Å². The molecule has 2 atom stereocenters. The number of piperidine rings is 1. The predicted octanol–water partition coefficient (Wildman–Crippen LogP) is 2.20. The van der Waals surface area contributed by atoms with Crippen LogP contribution in [0.2, 0.25) is 0 Å². The third kappa shape index (κ3) is 8.24. The highest BCUT2D eigenvalue weighted by molar-refractivity contribution is 6.43. The van der Waals surface area contributed by atoms with Gasteiger partial charge in [0, 0.05) is 44.7 Å². The second kappa shape index (κ2) is 12.9. The largest absolute Gasteiger partial charge is 0.475 e. The van der Waals surface area contributed by atoms with Crippen LogP contribution in [0, 0.1) is 11.3 Å². The van der Waals surface area contributed by atoms with Crippen molar-refractivity contribution >= 4 is 19.1 Å². The number of halogens is 2. The number of carbonyl (C=O) groups is 2. The summed E-state index contributed by atoms with van der Waals surface area (Å²) in [5, 5.41) is 32.1. The van der Waals surface area contributed by atoms with Gasteiger partial charge in [0.05, 0.1) is 12.5 Å². The average Bonchev–Trinajstić information content (AvgIpc) is 3.27. The Morgan fingerprint density at radius 3 is 2.56 bits per heavy atom. The van der Waals surface area contributed by atoms with Gasteiger partial charge in [0.25, 0.3) is 11.8 Å². The number of benzene rings is 1. The summed E-state index contributed by atoms with van der Waals surface area (Å²) < 4.78 is 27.6. The zero-order chi connectivity index (χ0) is 28.8. The molecule has 0 saturated carbocycles. The number of hydrogen-bond acceptors (Lipinski definition) is 6. The molecule has 1 aromatic rings. The standard InChI is InChI=1S/C27H38BF2N5O4/c1-26(2,34-14-12-27(29,30)19-34)16-21(17-31)24(36)35-13-8-7-11-22(35)18-33(3)25(37)32-23(28(38)39)15-20-9-5-4-6-10-20/h4-6,9-10,16,22-23,38-39H,7-8,11-15,18-19H2,1-3H3,(H,32,37)/t22?,23-/m0/s1. The minimum Gasteiger partial charge on any atom is -0.426 e. The fourth-order valence-corrected chi connectivity index (χ4v) is 5.19. The third-order valence-corrected chi connectivity index (χ3v) is 7.52. The highest BCUT2D eigenvalue weighted by atomic mass is 19.3. The number of hydrogen-bond donors (Lipinski definition) is 3. The maximum absolute atomic E-state index is 13.8. The molecule has 0 aromatic heterocycles. The molecule has 0 radical (unpaired) electrons. The Morgan fingerprint density at radius 2 is 1.97 bits per heavy atom. The lowest BCUT2D eigenvalue weighted by Gasteiger charge is -2.38. The average molecular weight is 545 g/mol. The van der Waals surface area contributed by atoms with Crippen LogP contribution >= 0.6 is 0 Å². The highest BCUT2D eigenvalue weighted by Crippen LogP contribution is 2.33. The smallest absolute Gasteiger partial charge is 0.426 e. The predicted molar refractivity (Wildman–Crippen MR) is 144 cm³/mol. The van der Waals surface area contributed by atoms with Crippen molar-refractivity contribution in [3.63, 3.8) is 0 Å². The van der Waals surface area contributed by atoms with E-state index in [1.54, 1.807) is 30.7 Å². The van der Waals surface area contributed by atoms with E-state index < -0.39 is 43.0 Å². The van der Waals surface area contributed by atoms with Crippen molar-refractivity contribution in [2.45, 2.75) is 69.4 Å². The molecule has 2 aliphatic heterocycles. The molecule has 0 bridgehead atoms. The number of carbonyl (C=O) groups excluding carboxylic acids is 2. The van der Waals surface area contributed by atoms with E-state index in [1.165, 1.54) is 11.0 Å². The number of urea groups is 1. The molecule has 1 aromatic carbocycles. The number of nitrogens with one attached hydrogen (secondary N) is 1. The lowest BCUT2D eigenvalue weighted by atomic mass is 9.76. The molecule has 0 aliphatic carbocycles. The second-order valence-corrected chi connectivity index (χ2v) is 11.0. The van der Waals surface area contributed by atoms with Gasteiger partial charge in [-0.15, -0.1) is 0 Å². The number of nitriles is 1. The van der Waals surface area contributed by atoms with E-state index in [9.17, 15) is 33.7 Å². The summed E-state index contributed by atoms with van der Waals surface area (Å²) in [4.78, 5) is 30.9. The van der Waals surface area contributed by atoms with Crippen molar-refractivity contribution in [3.8, 4) is 6.07 Å². The fourth-order valence-electron chi connectivity index (χ4n) is 5.19. The van der Waals surface area contributed by atoms with Crippen LogP contribution in [0.3, 0.4) is 0 Å². The molecule has 39 heavy (non-hydrogen) atoms. The van der Waals surface area contributed by atoms with Gasteiger partial charge < -0.3 is 25.2 Å². The Hall–Kier alpha value is -3.01. The van der Waals surface area contributed by atoms with E-state index in [-0.39, 0.29) is 37.5 Å². The molecule has 3 rings (SSSR count). The van der Waals surface area contributed by atoms with Gasteiger partial charge in [0.2, 0.25) is 0 Å². The Labute approximate surface area is 229 Å². The first-order valence-electron chi connectivity index (χ1n) is 13.3. The number of alkyl halides is 2. The van der Waals surface area contributed by atoms with Crippen LogP contribution in [0.1, 0.15) is 45.1 Å². The zero-order valence-corrected chi connectivity index (χ0v) is 22.8. The van der Waals surface area contributed by atoms with Crippen molar-refractivity contribution in [2.24, 2.45) is 0 Å². The first-order valence-corrected chi connectivity index (χ1v) is 13.3. The molecule has 2 fully saturated rings. The molecule has 1 unspecified atom stereocenters. The van der Waals surface area contributed by atoms with Crippen molar-refractivity contribution < 1.29 is 28.4 Å². The molecule has 0 spiro atoms. The summed E-state index contributed by atoms with van der Waals surface area (Å²) in [6, 6.07) is 10.2. The monoisotopic (exact) mass is 545 g/mol. The minimum absolute atomic E-state index is 0.111. The van der Waals surface area contributed by atoms with Gasteiger partial charge in [-0.2, -0.15) is 5.26 Å². The van der Waals surface area contributed by atoms with Gasteiger partial charge in [-0.05, 0) is 51.2 Å². The topological polar surface area (TPSA) is 120 Å². The van der Waals surface area contributed by atoms with E-state index in [1.807, 2.05) is 36.4 Å². The Kier molecular flexibility index (Phi) is 10.1.